The van der Waals surface area contributed by atoms with Gasteiger partial charge in [0.1, 0.15) is 0 Å². The molecule has 10 nitrogen and oxygen atoms in total. The van der Waals surface area contributed by atoms with E-state index < -0.39 is 17.1 Å². The number of hydrogen-bond acceptors (Lipinski definition) is 8. The Bertz CT molecular complexity index is 1200. The molecule has 1 N–H and O–H groups in total. The highest BCUT2D eigenvalue weighted by Crippen LogP contribution is 2.51. The minimum atomic E-state index is -2.67. The minimum Gasteiger partial charge on any atom is -0.414 e. The number of fused-ring (bicyclic) bond motifs is 2. The topological polar surface area (TPSA) is 107 Å². The van der Waals surface area contributed by atoms with E-state index in [-0.39, 0.29) is 39.3 Å². The highest BCUT2D eigenvalue weighted by molar-refractivity contribution is 8.00. The molecule has 0 aromatic carbocycles. The lowest BCUT2D eigenvalue weighted by Crippen LogP contribution is -2.64. The second-order valence-corrected chi connectivity index (χ2v) is 22.2. The molecule has 2 aromatic rings. The smallest absolute Gasteiger partial charge is 0.334 e. The van der Waals surface area contributed by atoms with Crippen molar-refractivity contribution in [2.24, 2.45) is 4.99 Å². The van der Waals surface area contributed by atoms with Gasteiger partial charge in [0.2, 0.25) is 5.95 Å². The number of aromatic nitrogens is 4. The molecule has 3 atom stereocenters. The summed E-state index contributed by atoms with van der Waals surface area (Å²) in [6, 6.07) is 0. The van der Waals surface area contributed by atoms with E-state index in [0.717, 1.165) is 6.42 Å². The first-order chi connectivity index (χ1) is 17.8. The van der Waals surface area contributed by atoms with Gasteiger partial charge < -0.3 is 22.4 Å². The fraction of sp³-hybridized carbons (Fsp3) is 0.760. The molecule has 13 heteroatoms. The van der Waals surface area contributed by atoms with Crippen molar-refractivity contribution in [1.29, 1.82) is 0 Å². The van der Waals surface area contributed by atoms with Crippen LogP contribution in [0.5, 0.6) is 0 Å². The van der Waals surface area contributed by atoms with Crippen LogP contribution in [0.3, 0.4) is 0 Å². The summed E-state index contributed by atoms with van der Waals surface area (Å²) in [6.45, 7) is 18.6. The summed E-state index contributed by atoms with van der Waals surface area (Å²) in [6.07, 6.45) is 4.09. The molecule has 2 aromatic heterocycles. The zero-order chi connectivity index (χ0) is 28.0. The van der Waals surface area contributed by atoms with Crippen molar-refractivity contribution in [3.8, 4) is 0 Å². The standard InChI is InChI=1S/C25H44N6O4SSi2/c1-15(2)37(16(3)4)33-12-20-19(34-38(35-37,17(5)6)18(7)8)11-21(36-20)31-14-26-22-23(31)28-25(29-24(22)32)27-13-30(9)10/h13-21H,11-12H2,1-10H3,(H,28,29,32)/b27-13+/t19-,20+,21+/m0/s1. The molecule has 2 saturated heterocycles. The van der Waals surface area contributed by atoms with Gasteiger partial charge in [-0.1, -0.05) is 55.4 Å². The Morgan fingerprint density at radius 3 is 2.32 bits per heavy atom. The van der Waals surface area contributed by atoms with Gasteiger partial charge >= 0.3 is 17.1 Å². The lowest BCUT2D eigenvalue weighted by molar-refractivity contribution is 0.0709. The number of aromatic amines is 1. The van der Waals surface area contributed by atoms with Crippen molar-refractivity contribution in [3.05, 3.63) is 16.7 Å². The second-order valence-electron chi connectivity index (χ2n) is 11.9. The Kier molecular flexibility index (Phi) is 8.66. The van der Waals surface area contributed by atoms with Gasteiger partial charge in [0, 0.05) is 20.5 Å². The van der Waals surface area contributed by atoms with Crippen molar-refractivity contribution in [1.82, 2.24) is 24.4 Å². The second kappa shape index (κ2) is 11.2. The van der Waals surface area contributed by atoms with Crippen molar-refractivity contribution < 1.29 is 13.0 Å². The summed E-state index contributed by atoms with van der Waals surface area (Å²) in [7, 11) is -1.52. The monoisotopic (exact) mass is 580 g/mol. The van der Waals surface area contributed by atoms with E-state index in [4.69, 9.17) is 13.0 Å². The van der Waals surface area contributed by atoms with Crippen molar-refractivity contribution in [3.63, 3.8) is 0 Å². The number of nitrogens with zero attached hydrogens (tertiary/aromatic N) is 5. The number of thioether (sulfide) groups is 1. The Morgan fingerprint density at radius 2 is 1.74 bits per heavy atom. The number of aliphatic imine (C=N–C) groups is 1. The number of hydrogen-bond donors (Lipinski definition) is 1. The Hall–Kier alpha value is -1.52. The van der Waals surface area contributed by atoms with E-state index in [9.17, 15) is 4.79 Å². The Balaban J connectivity index is 1.73. The van der Waals surface area contributed by atoms with Crippen LogP contribution in [0.1, 0.15) is 67.2 Å². The summed E-state index contributed by atoms with van der Waals surface area (Å²) in [5.41, 5.74) is 1.74. The van der Waals surface area contributed by atoms with E-state index >= 15 is 0 Å². The van der Waals surface area contributed by atoms with Gasteiger partial charge in [0.15, 0.2) is 11.2 Å². The average molecular weight is 581 g/mol. The number of rotatable bonds is 7. The first kappa shape index (κ1) is 29.5. The highest BCUT2D eigenvalue weighted by atomic mass is 32.2. The third-order valence-electron chi connectivity index (χ3n) is 7.67. The normalized spacial score (nSPS) is 25.6. The molecule has 0 spiro atoms. The van der Waals surface area contributed by atoms with E-state index in [1.807, 2.05) is 30.4 Å². The third kappa shape index (κ3) is 5.29. The predicted molar refractivity (Wildman–Crippen MR) is 159 cm³/mol. The maximum atomic E-state index is 12.7. The molecule has 0 bridgehead atoms. The number of H-pyrrole nitrogens is 1. The maximum absolute atomic E-state index is 12.7. The molecule has 0 unspecified atom stereocenters. The zero-order valence-corrected chi connectivity index (χ0v) is 27.2. The molecule has 0 aliphatic carbocycles. The van der Waals surface area contributed by atoms with Crippen LogP contribution in [-0.4, -0.2) is 79.9 Å². The van der Waals surface area contributed by atoms with Crippen LogP contribution < -0.4 is 5.56 Å². The molecular weight excluding hydrogens is 537 g/mol. The van der Waals surface area contributed by atoms with Gasteiger partial charge in [-0.3, -0.25) is 9.78 Å². The highest BCUT2D eigenvalue weighted by Gasteiger charge is 2.60. The molecule has 2 aliphatic heterocycles. The predicted octanol–water partition coefficient (Wildman–Crippen LogP) is 5.30. The third-order valence-corrected chi connectivity index (χ3v) is 19.5. The number of nitrogens with one attached hydrogen (secondary N) is 1. The van der Waals surface area contributed by atoms with Crippen molar-refractivity contribution >= 4 is 52.3 Å². The first-order valence-electron chi connectivity index (χ1n) is 13.7. The van der Waals surface area contributed by atoms with Crippen LogP contribution >= 0.6 is 11.8 Å². The molecule has 0 saturated carbocycles. The fourth-order valence-corrected chi connectivity index (χ4v) is 18.6. The molecule has 0 amide bonds. The van der Waals surface area contributed by atoms with Crippen LogP contribution in [0, 0.1) is 0 Å². The zero-order valence-electron chi connectivity index (χ0n) is 24.4. The van der Waals surface area contributed by atoms with E-state index in [1.165, 1.54) is 0 Å². The van der Waals surface area contributed by atoms with Gasteiger partial charge in [0.05, 0.1) is 36.0 Å². The molecule has 2 aliphatic rings. The van der Waals surface area contributed by atoms with Crippen LogP contribution in [0.4, 0.5) is 5.95 Å². The summed E-state index contributed by atoms with van der Waals surface area (Å²) < 4.78 is 23.5. The summed E-state index contributed by atoms with van der Waals surface area (Å²) in [5.74, 6) is 0.260. The van der Waals surface area contributed by atoms with Crippen LogP contribution in [0.2, 0.25) is 22.2 Å². The van der Waals surface area contributed by atoms with Gasteiger partial charge in [-0.25, -0.2) is 9.98 Å². The summed E-state index contributed by atoms with van der Waals surface area (Å²) in [5, 5.41) is 0.167. The van der Waals surface area contributed by atoms with E-state index in [0.29, 0.717) is 28.9 Å². The molecule has 0 radical (unpaired) electrons. The molecule has 38 heavy (non-hydrogen) atoms. The van der Waals surface area contributed by atoms with Crippen LogP contribution in [0.25, 0.3) is 11.2 Å². The molecule has 212 valence electrons. The largest absolute Gasteiger partial charge is 0.414 e. The van der Waals surface area contributed by atoms with Gasteiger partial charge in [-0.05, 0) is 22.2 Å². The molecular formula is C25H44N6O4SSi2. The van der Waals surface area contributed by atoms with Crippen molar-refractivity contribution in [2.75, 3.05) is 20.7 Å². The maximum Gasteiger partial charge on any atom is 0.334 e. The average Bonchev–Trinajstić information content (AvgIpc) is 3.41. The van der Waals surface area contributed by atoms with E-state index in [1.54, 1.807) is 17.6 Å². The van der Waals surface area contributed by atoms with Gasteiger partial charge in [-0.15, -0.1) is 11.8 Å². The lowest BCUT2D eigenvalue weighted by Gasteiger charge is -2.51. The van der Waals surface area contributed by atoms with Crippen molar-refractivity contribution in [2.45, 2.75) is 101 Å². The molecule has 2 fully saturated rings. The minimum absolute atomic E-state index is 0.0110. The summed E-state index contributed by atoms with van der Waals surface area (Å²) in [4.78, 5) is 30.6. The molecule has 4 heterocycles. The van der Waals surface area contributed by atoms with Crippen LogP contribution in [0.15, 0.2) is 16.1 Å². The summed E-state index contributed by atoms with van der Waals surface area (Å²) >= 11 is 1.83. The lowest BCUT2D eigenvalue weighted by atomic mass is 10.2. The van der Waals surface area contributed by atoms with Crippen LogP contribution in [-0.2, 0) is 13.0 Å². The first-order valence-corrected chi connectivity index (χ1v) is 18.5. The number of imidazole rings is 1. The molecule has 4 rings (SSSR count). The van der Waals surface area contributed by atoms with E-state index in [2.05, 4.69) is 75.3 Å². The SMILES string of the molecule is CC(C)[Si]1(C(C)C)OC[C@H]2S[C@@H](n3cnc4c(=O)[nH]c(/N=C/N(C)C)nc43)C[C@@H]2O[Si](C(C)C)(C(C)C)O1. The Morgan fingerprint density at radius 1 is 1.11 bits per heavy atom. The van der Waals surface area contributed by atoms with Gasteiger partial charge in [0.25, 0.3) is 5.56 Å². The Labute approximate surface area is 232 Å². The quantitative estimate of drug-likeness (QED) is 0.267. The fourth-order valence-electron chi connectivity index (χ4n) is 5.66. The van der Waals surface area contributed by atoms with Gasteiger partial charge in [-0.2, -0.15) is 4.98 Å².